The lowest BCUT2D eigenvalue weighted by atomic mass is 10.1. The quantitative estimate of drug-likeness (QED) is 0.857. The van der Waals surface area contributed by atoms with Gasteiger partial charge < -0.3 is 9.63 Å². The Labute approximate surface area is 91.9 Å². The van der Waals surface area contributed by atoms with E-state index in [1.807, 2.05) is 12.1 Å². The van der Waals surface area contributed by atoms with Crippen LogP contribution in [0.2, 0.25) is 0 Å². The van der Waals surface area contributed by atoms with Crippen molar-refractivity contribution >= 4 is 16.9 Å². The number of benzene rings is 1. The van der Waals surface area contributed by atoms with Crippen molar-refractivity contribution in [3.63, 3.8) is 0 Å². The Balaban J connectivity index is 2.12. The number of aromatic nitrogens is 1. The fourth-order valence-corrected chi connectivity index (χ4v) is 1.99. The lowest BCUT2D eigenvalue weighted by Gasteiger charge is -1.97. The second kappa shape index (κ2) is 3.33. The predicted molar refractivity (Wildman–Crippen MR) is 57.3 cm³/mol. The Bertz CT molecular complexity index is 554. The van der Waals surface area contributed by atoms with Gasteiger partial charge in [0.05, 0.1) is 12.1 Å². The van der Waals surface area contributed by atoms with Crippen LogP contribution in [0.25, 0.3) is 11.0 Å². The number of para-hydroxylation sites is 1. The predicted octanol–water partition coefficient (Wildman–Crippen LogP) is 2.33. The van der Waals surface area contributed by atoms with Crippen molar-refractivity contribution in [2.24, 2.45) is 0 Å². The summed E-state index contributed by atoms with van der Waals surface area (Å²) < 4.78 is 5.27. The standard InChI is InChI=1S/C12H11NO3/c14-10(15)6-8-2-1-3-9-11(7-4-5-7)13-16-12(8)9/h1-3,7H,4-6H2,(H,14,15). The molecule has 4 nitrogen and oxygen atoms in total. The number of carboxylic acid groups (broad SMARTS) is 1. The third-order valence-electron chi connectivity index (χ3n) is 2.91. The number of nitrogens with zero attached hydrogens (tertiary/aromatic N) is 1. The third kappa shape index (κ3) is 1.46. The van der Waals surface area contributed by atoms with Crippen molar-refractivity contribution in [3.8, 4) is 0 Å². The summed E-state index contributed by atoms with van der Waals surface area (Å²) in [5, 5.41) is 13.8. The van der Waals surface area contributed by atoms with Crippen LogP contribution in [0.15, 0.2) is 22.7 Å². The van der Waals surface area contributed by atoms with Crippen LogP contribution in [0.3, 0.4) is 0 Å². The number of hydrogen-bond donors (Lipinski definition) is 1. The van der Waals surface area contributed by atoms with Crippen LogP contribution in [0.5, 0.6) is 0 Å². The van der Waals surface area contributed by atoms with Gasteiger partial charge in [0.15, 0.2) is 5.58 Å². The second-order valence-corrected chi connectivity index (χ2v) is 4.21. The van der Waals surface area contributed by atoms with Crippen LogP contribution >= 0.6 is 0 Å². The molecule has 1 aromatic heterocycles. The maximum atomic E-state index is 10.7. The highest BCUT2D eigenvalue weighted by atomic mass is 16.5. The highest BCUT2D eigenvalue weighted by Gasteiger charge is 2.29. The van der Waals surface area contributed by atoms with Gasteiger partial charge >= 0.3 is 5.97 Å². The normalized spacial score (nSPS) is 15.5. The molecular weight excluding hydrogens is 206 g/mol. The van der Waals surface area contributed by atoms with Crippen molar-refractivity contribution < 1.29 is 14.4 Å². The van der Waals surface area contributed by atoms with E-state index in [1.165, 1.54) is 0 Å². The molecular formula is C12H11NO3. The molecule has 1 aliphatic carbocycles. The van der Waals surface area contributed by atoms with Gasteiger partial charge in [-0.1, -0.05) is 17.3 Å². The smallest absolute Gasteiger partial charge is 0.307 e. The van der Waals surface area contributed by atoms with Crippen molar-refractivity contribution in [2.75, 3.05) is 0 Å². The Kier molecular flexibility index (Phi) is 1.96. The Morgan fingerprint density at radius 2 is 2.31 bits per heavy atom. The minimum Gasteiger partial charge on any atom is -0.481 e. The van der Waals surface area contributed by atoms with E-state index in [-0.39, 0.29) is 6.42 Å². The van der Waals surface area contributed by atoms with Gasteiger partial charge in [-0.3, -0.25) is 4.79 Å². The van der Waals surface area contributed by atoms with Crippen molar-refractivity contribution in [1.29, 1.82) is 0 Å². The molecule has 1 aliphatic rings. The van der Waals surface area contributed by atoms with E-state index in [1.54, 1.807) is 6.07 Å². The highest BCUT2D eigenvalue weighted by molar-refractivity contribution is 5.86. The first-order valence-electron chi connectivity index (χ1n) is 5.34. The van der Waals surface area contributed by atoms with E-state index < -0.39 is 5.97 Å². The van der Waals surface area contributed by atoms with Gasteiger partial charge in [0.2, 0.25) is 0 Å². The summed E-state index contributed by atoms with van der Waals surface area (Å²) in [5.41, 5.74) is 2.32. The molecule has 82 valence electrons. The van der Waals surface area contributed by atoms with E-state index in [0.29, 0.717) is 17.1 Å². The van der Waals surface area contributed by atoms with Crippen LogP contribution in [-0.2, 0) is 11.2 Å². The minimum absolute atomic E-state index is 0.0172. The molecule has 4 heteroatoms. The molecule has 16 heavy (non-hydrogen) atoms. The molecule has 3 rings (SSSR count). The van der Waals surface area contributed by atoms with Crippen molar-refractivity contribution in [3.05, 3.63) is 29.5 Å². The Morgan fingerprint density at radius 1 is 1.50 bits per heavy atom. The van der Waals surface area contributed by atoms with Crippen LogP contribution < -0.4 is 0 Å². The van der Waals surface area contributed by atoms with E-state index in [4.69, 9.17) is 9.63 Å². The molecule has 0 bridgehead atoms. The summed E-state index contributed by atoms with van der Waals surface area (Å²) in [6, 6.07) is 5.59. The van der Waals surface area contributed by atoms with Gasteiger partial charge in [-0.15, -0.1) is 0 Å². The summed E-state index contributed by atoms with van der Waals surface area (Å²) in [6.07, 6.45) is 2.30. The first kappa shape index (κ1) is 9.39. The molecule has 0 atom stereocenters. The number of rotatable bonds is 3. The number of carboxylic acids is 1. The zero-order valence-corrected chi connectivity index (χ0v) is 8.64. The SMILES string of the molecule is O=C(O)Cc1cccc2c(C3CC3)noc12. The number of hydrogen-bond acceptors (Lipinski definition) is 3. The summed E-state index contributed by atoms with van der Waals surface area (Å²) in [4.78, 5) is 10.7. The van der Waals surface area contributed by atoms with Crippen LogP contribution in [0.4, 0.5) is 0 Å². The van der Waals surface area contributed by atoms with Crippen LogP contribution in [0.1, 0.15) is 30.0 Å². The molecule has 0 unspecified atom stereocenters. The van der Waals surface area contributed by atoms with Gasteiger partial charge in [-0.2, -0.15) is 0 Å². The summed E-state index contributed by atoms with van der Waals surface area (Å²) in [6.45, 7) is 0. The zero-order valence-electron chi connectivity index (χ0n) is 8.64. The van der Waals surface area contributed by atoms with E-state index in [0.717, 1.165) is 23.9 Å². The van der Waals surface area contributed by atoms with Gasteiger partial charge in [-0.25, -0.2) is 0 Å². The maximum absolute atomic E-state index is 10.7. The van der Waals surface area contributed by atoms with Crippen LogP contribution in [0, 0.1) is 0 Å². The number of fused-ring (bicyclic) bond motifs is 1. The summed E-state index contributed by atoms with van der Waals surface area (Å²) >= 11 is 0. The first-order chi connectivity index (χ1) is 7.75. The molecule has 0 saturated heterocycles. The molecule has 0 radical (unpaired) electrons. The topological polar surface area (TPSA) is 63.3 Å². The monoisotopic (exact) mass is 217 g/mol. The molecule has 1 N–H and O–H groups in total. The summed E-state index contributed by atoms with van der Waals surface area (Å²) in [5.74, 6) is -0.335. The van der Waals surface area contributed by atoms with Gasteiger partial charge in [0, 0.05) is 16.9 Å². The zero-order chi connectivity index (χ0) is 11.1. The molecule has 2 aromatic rings. The average Bonchev–Trinajstić information content (AvgIpc) is 2.98. The highest BCUT2D eigenvalue weighted by Crippen LogP contribution is 2.42. The number of aliphatic carboxylic acids is 1. The maximum Gasteiger partial charge on any atom is 0.307 e. The minimum atomic E-state index is -0.850. The molecule has 0 aliphatic heterocycles. The molecule has 0 spiro atoms. The van der Waals surface area contributed by atoms with E-state index >= 15 is 0 Å². The molecule has 1 heterocycles. The van der Waals surface area contributed by atoms with Gasteiger partial charge in [0.1, 0.15) is 0 Å². The van der Waals surface area contributed by atoms with E-state index in [2.05, 4.69) is 5.16 Å². The molecule has 1 saturated carbocycles. The van der Waals surface area contributed by atoms with E-state index in [9.17, 15) is 4.79 Å². The fraction of sp³-hybridized carbons (Fsp3) is 0.333. The Morgan fingerprint density at radius 3 is 3.00 bits per heavy atom. The van der Waals surface area contributed by atoms with Crippen molar-refractivity contribution in [2.45, 2.75) is 25.2 Å². The fourth-order valence-electron chi connectivity index (χ4n) is 1.99. The lowest BCUT2D eigenvalue weighted by Crippen LogP contribution is -1.99. The second-order valence-electron chi connectivity index (χ2n) is 4.21. The molecule has 1 fully saturated rings. The first-order valence-corrected chi connectivity index (χ1v) is 5.34. The van der Waals surface area contributed by atoms with Crippen LogP contribution in [-0.4, -0.2) is 16.2 Å². The average molecular weight is 217 g/mol. The van der Waals surface area contributed by atoms with Gasteiger partial charge in [0.25, 0.3) is 0 Å². The largest absolute Gasteiger partial charge is 0.481 e. The molecule has 1 aromatic carbocycles. The van der Waals surface area contributed by atoms with Crippen molar-refractivity contribution in [1.82, 2.24) is 5.16 Å². The van der Waals surface area contributed by atoms with Gasteiger partial charge in [-0.05, 0) is 18.9 Å². The lowest BCUT2D eigenvalue weighted by molar-refractivity contribution is -0.136. The third-order valence-corrected chi connectivity index (χ3v) is 2.91. The molecule has 0 amide bonds. The number of carbonyl (C=O) groups is 1. The Hall–Kier alpha value is -1.84. The summed E-state index contributed by atoms with van der Waals surface area (Å²) in [7, 11) is 0.